The van der Waals surface area contributed by atoms with Crippen molar-refractivity contribution in [1.29, 1.82) is 0 Å². The minimum absolute atomic E-state index is 0.0225. The number of fused-ring (bicyclic) bond motifs is 5. The molecule has 1 aromatic heterocycles. The molecule has 30 heavy (non-hydrogen) atoms. The number of halogens is 1. The van der Waals surface area contributed by atoms with E-state index < -0.39 is 0 Å². The van der Waals surface area contributed by atoms with Gasteiger partial charge in [0.15, 0.2) is 5.84 Å². The van der Waals surface area contributed by atoms with Crippen molar-refractivity contribution >= 4 is 39.9 Å². The van der Waals surface area contributed by atoms with Crippen molar-refractivity contribution in [3.8, 4) is 0 Å². The molecule has 3 aliphatic heterocycles. The number of likely N-dealkylation sites (N-methyl/N-ethyl adjacent to an activating group) is 1. The van der Waals surface area contributed by atoms with Crippen LogP contribution in [0.4, 0.5) is 5.00 Å². The number of hydrazone groups is 1. The highest BCUT2D eigenvalue weighted by molar-refractivity contribution is 7.17. The van der Waals surface area contributed by atoms with Gasteiger partial charge in [0.2, 0.25) is 0 Å². The number of anilines is 1. The third kappa shape index (κ3) is 2.84. The molecule has 156 valence electrons. The van der Waals surface area contributed by atoms with Crippen LogP contribution in [0.15, 0.2) is 35.4 Å². The zero-order valence-corrected chi connectivity index (χ0v) is 18.4. The Morgan fingerprint density at radius 3 is 3.00 bits per heavy atom. The standard InChI is InChI=1S/C22H25ClN6S/c1-28-11-10-24-20(28)19-21-27-25-12-29(21)22-17(14-7-3-5-9-16(14)30-22)18(26-19)13-6-2-4-8-15(13)23/h2,4-6,8-9,18-20,24-26H,3,7,10-12H2,1H3. The van der Waals surface area contributed by atoms with Crippen molar-refractivity contribution in [3.63, 3.8) is 0 Å². The predicted octanol–water partition coefficient (Wildman–Crippen LogP) is 2.96. The summed E-state index contributed by atoms with van der Waals surface area (Å²) in [6.45, 7) is 2.72. The van der Waals surface area contributed by atoms with Crippen molar-refractivity contribution < 1.29 is 0 Å². The maximum Gasteiger partial charge on any atom is 0.151 e. The molecule has 0 amide bonds. The first-order valence-corrected chi connectivity index (χ1v) is 11.8. The Balaban J connectivity index is 1.55. The Kier molecular flexibility index (Phi) is 4.62. The fraction of sp³-hybridized carbons (Fsp3) is 0.409. The molecule has 4 aliphatic rings. The lowest BCUT2D eigenvalue weighted by Gasteiger charge is -2.32. The lowest BCUT2D eigenvalue weighted by atomic mass is 9.91. The van der Waals surface area contributed by atoms with E-state index >= 15 is 0 Å². The first kappa shape index (κ1) is 18.8. The van der Waals surface area contributed by atoms with Gasteiger partial charge in [-0.15, -0.1) is 11.3 Å². The summed E-state index contributed by atoms with van der Waals surface area (Å²) in [6.07, 6.45) is 6.90. The molecule has 1 aromatic carbocycles. The zero-order valence-electron chi connectivity index (χ0n) is 16.9. The molecule has 1 fully saturated rings. The zero-order chi connectivity index (χ0) is 20.2. The fourth-order valence-electron chi connectivity index (χ4n) is 5.11. The highest BCUT2D eigenvalue weighted by Crippen LogP contribution is 2.47. The molecule has 0 bridgehead atoms. The number of rotatable bonds is 2. The first-order valence-electron chi connectivity index (χ1n) is 10.6. The van der Waals surface area contributed by atoms with Gasteiger partial charge < -0.3 is 0 Å². The van der Waals surface area contributed by atoms with Crippen molar-refractivity contribution in [3.05, 3.63) is 56.9 Å². The lowest BCUT2D eigenvalue weighted by Crippen LogP contribution is -2.58. The van der Waals surface area contributed by atoms with Crippen LogP contribution in [0.1, 0.15) is 34.0 Å². The Bertz CT molecular complexity index is 1050. The van der Waals surface area contributed by atoms with Crippen LogP contribution in [0, 0.1) is 0 Å². The maximum atomic E-state index is 6.75. The molecule has 0 saturated carbocycles. The van der Waals surface area contributed by atoms with Gasteiger partial charge in [0.25, 0.3) is 0 Å². The number of amidine groups is 1. The molecule has 6 rings (SSSR count). The van der Waals surface area contributed by atoms with Crippen LogP contribution < -0.4 is 21.0 Å². The molecule has 2 aromatic rings. The molecule has 1 saturated heterocycles. The first-order chi connectivity index (χ1) is 14.7. The third-order valence-corrected chi connectivity index (χ3v) is 8.15. The van der Waals surface area contributed by atoms with E-state index in [1.54, 1.807) is 0 Å². The van der Waals surface area contributed by atoms with Gasteiger partial charge >= 0.3 is 0 Å². The van der Waals surface area contributed by atoms with E-state index in [9.17, 15) is 0 Å². The number of nitrogens with zero attached hydrogens (tertiary/aromatic N) is 3. The number of hydrogen-bond acceptors (Lipinski definition) is 7. The second-order valence-electron chi connectivity index (χ2n) is 8.30. The van der Waals surface area contributed by atoms with Crippen LogP contribution in [0.3, 0.4) is 0 Å². The summed E-state index contributed by atoms with van der Waals surface area (Å²) < 4.78 is 0. The molecule has 4 heterocycles. The van der Waals surface area contributed by atoms with Crippen molar-refractivity contribution in [1.82, 2.24) is 21.0 Å². The summed E-state index contributed by atoms with van der Waals surface area (Å²) in [7, 11) is 2.18. The van der Waals surface area contributed by atoms with Crippen LogP contribution >= 0.6 is 22.9 Å². The quantitative estimate of drug-likeness (QED) is 0.670. The van der Waals surface area contributed by atoms with Gasteiger partial charge in [-0.3, -0.25) is 25.9 Å². The molecule has 1 aliphatic carbocycles. The smallest absolute Gasteiger partial charge is 0.151 e. The van der Waals surface area contributed by atoms with E-state index in [4.69, 9.17) is 16.7 Å². The van der Waals surface area contributed by atoms with Crippen molar-refractivity contribution in [2.75, 3.05) is 31.7 Å². The highest BCUT2D eigenvalue weighted by Gasteiger charge is 2.44. The average molecular weight is 441 g/mol. The molecule has 3 atom stereocenters. The van der Waals surface area contributed by atoms with E-state index in [2.05, 4.69) is 57.2 Å². The molecule has 0 radical (unpaired) electrons. The fourth-order valence-corrected chi connectivity index (χ4v) is 6.69. The number of hydrogen-bond donors (Lipinski definition) is 3. The van der Waals surface area contributed by atoms with E-state index in [0.29, 0.717) is 6.67 Å². The highest BCUT2D eigenvalue weighted by atomic mass is 35.5. The summed E-state index contributed by atoms with van der Waals surface area (Å²) >= 11 is 8.63. The topological polar surface area (TPSA) is 54.9 Å². The van der Waals surface area contributed by atoms with Crippen molar-refractivity contribution in [2.45, 2.75) is 31.1 Å². The molecule has 8 heteroatoms. The summed E-state index contributed by atoms with van der Waals surface area (Å²) in [5.74, 6) is 1.06. The van der Waals surface area contributed by atoms with Gasteiger partial charge in [0.1, 0.15) is 11.7 Å². The Morgan fingerprint density at radius 1 is 1.27 bits per heavy atom. The third-order valence-electron chi connectivity index (χ3n) is 6.57. The minimum atomic E-state index is 0.0225. The van der Waals surface area contributed by atoms with Crippen LogP contribution in [0.2, 0.25) is 5.02 Å². The molecule has 3 N–H and O–H groups in total. The summed E-state index contributed by atoms with van der Waals surface area (Å²) in [4.78, 5) is 6.11. The van der Waals surface area contributed by atoms with Crippen molar-refractivity contribution in [2.24, 2.45) is 5.10 Å². The van der Waals surface area contributed by atoms with Gasteiger partial charge in [-0.2, -0.15) is 5.10 Å². The predicted molar refractivity (Wildman–Crippen MR) is 124 cm³/mol. The Hall–Kier alpha value is -1.90. The number of allylic oxidation sites excluding steroid dienone is 1. The van der Waals surface area contributed by atoms with E-state index in [-0.39, 0.29) is 18.2 Å². The van der Waals surface area contributed by atoms with Gasteiger partial charge in [-0.05, 0) is 43.2 Å². The van der Waals surface area contributed by atoms with E-state index in [1.165, 1.54) is 21.0 Å². The molecule has 6 nitrogen and oxygen atoms in total. The second-order valence-corrected chi connectivity index (χ2v) is 9.74. The van der Waals surface area contributed by atoms with E-state index in [1.807, 2.05) is 23.5 Å². The lowest BCUT2D eigenvalue weighted by molar-refractivity contribution is 0.255. The molecule has 0 spiro atoms. The summed E-state index contributed by atoms with van der Waals surface area (Å²) in [5, 5.41) is 14.5. The van der Waals surface area contributed by atoms with Crippen LogP contribution in [-0.4, -0.2) is 49.7 Å². The number of nitrogens with one attached hydrogen (secondary N) is 3. The van der Waals surface area contributed by atoms with Gasteiger partial charge in [0.05, 0.1) is 18.2 Å². The normalized spacial score (nSPS) is 27.9. The molecule has 3 unspecified atom stereocenters. The Labute approximate surface area is 185 Å². The van der Waals surface area contributed by atoms with E-state index in [0.717, 1.165) is 42.4 Å². The van der Waals surface area contributed by atoms with Gasteiger partial charge in [-0.25, -0.2) is 0 Å². The van der Waals surface area contributed by atoms with Gasteiger partial charge in [0, 0.05) is 28.6 Å². The molecular weight excluding hydrogens is 416 g/mol. The SMILES string of the molecule is CN1CCNC1C1NC(c2ccccc2Cl)c2c(sc3c2CCC=C3)N2CNN=C12. The second kappa shape index (κ2) is 7.35. The van der Waals surface area contributed by atoms with Crippen LogP contribution in [0.25, 0.3) is 6.08 Å². The number of benzene rings is 1. The van der Waals surface area contributed by atoms with Crippen LogP contribution in [0.5, 0.6) is 0 Å². The average Bonchev–Trinajstić information content (AvgIpc) is 3.47. The summed E-state index contributed by atoms with van der Waals surface area (Å²) in [5.41, 5.74) is 7.19. The van der Waals surface area contributed by atoms with Crippen LogP contribution in [-0.2, 0) is 6.42 Å². The molecular formula is C22H25ClN6S. The number of thiophene rings is 1. The summed E-state index contributed by atoms with van der Waals surface area (Å²) in [6, 6.07) is 8.31. The van der Waals surface area contributed by atoms with Gasteiger partial charge in [-0.1, -0.05) is 35.9 Å². The Morgan fingerprint density at radius 2 is 2.17 bits per heavy atom. The maximum absolute atomic E-state index is 6.75. The largest absolute Gasteiger partial charge is 0.299 e. The minimum Gasteiger partial charge on any atom is -0.299 e. The monoisotopic (exact) mass is 440 g/mol.